The van der Waals surface area contributed by atoms with Crippen molar-refractivity contribution in [1.82, 2.24) is 10.2 Å². The molecule has 0 radical (unpaired) electrons. The molecule has 3 rings (SSSR count). The van der Waals surface area contributed by atoms with Crippen molar-refractivity contribution in [3.8, 4) is 0 Å². The Kier molecular flexibility index (Phi) is 6.10. The van der Waals surface area contributed by atoms with Crippen LogP contribution >= 0.6 is 0 Å². The van der Waals surface area contributed by atoms with Gasteiger partial charge < -0.3 is 15.8 Å². The van der Waals surface area contributed by atoms with Gasteiger partial charge in [0.25, 0.3) is 5.91 Å². The highest BCUT2D eigenvalue weighted by Gasteiger charge is 2.24. The number of benzene rings is 1. The standard InChI is InChI=1S/C20H31N3O2/c1-14-11-23(12-15(2)25-14)13-16-7-9-17(10-8-16)20(24)22-19-6-4-3-5-18(19)21/h7-10,14-15,18-19H,3-6,11-13,21H2,1-2H3,(H,22,24)/t14-,15-,18-,19-/m1/s1. The number of nitrogens with two attached hydrogens (primary N) is 1. The molecular formula is C20H31N3O2. The number of carbonyl (C=O) groups excluding carboxylic acids is 1. The largest absolute Gasteiger partial charge is 0.373 e. The summed E-state index contributed by atoms with van der Waals surface area (Å²) in [6, 6.07) is 8.15. The van der Waals surface area contributed by atoms with Crippen LogP contribution in [-0.4, -0.2) is 48.2 Å². The molecule has 0 unspecified atom stereocenters. The second-order valence-corrected chi connectivity index (χ2v) is 7.68. The van der Waals surface area contributed by atoms with Crippen molar-refractivity contribution >= 4 is 5.91 Å². The minimum atomic E-state index is -0.0116. The van der Waals surface area contributed by atoms with Crippen LogP contribution in [0, 0.1) is 0 Å². The van der Waals surface area contributed by atoms with Crippen molar-refractivity contribution in [3.63, 3.8) is 0 Å². The zero-order chi connectivity index (χ0) is 17.8. The molecule has 0 bridgehead atoms. The highest BCUT2D eigenvalue weighted by molar-refractivity contribution is 5.94. The summed E-state index contributed by atoms with van der Waals surface area (Å²) in [4.78, 5) is 14.9. The minimum Gasteiger partial charge on any atom is -0.373 e. The molecule has 1 heterocycles. The van der Waals surface area contributed by atoms with Crippen molar-refractivity contribution in [2.45, 2.75) is 70.4 Å². The molecule has 1 saturated carbocycles. The van der Waals surface area contributed by atoms with Crippen LogP contribution in [0.2, 0.25) is 0 Å². The highest BCUT2D eigenvalue weighted by atomic mass is 16.5. The Morgan fingerprint density at radius 2 is 1.80 bits per heavy atom. The van der Waals surface area contributed by atoms with Crippen LogP contribution in [0.1, 0.15) is 55.5 Å². The fraction of sp³-hybridized carbons (Fsp3) is 0.650. The summed E-state index contributed by atoms with van der Waals surface area (Å²) in [5.41, 5.74) is 8.07. The molecule has 1 saturated heterocycles. The molecule has 0 aromatic heterocycles. The van der Waals surface area contributed by atoms with Crippen molar-refractivity contribution < 1.29 is 9.53 Å². The Labute approximate surface area is 150 Å². The lowest BCUT2D eigenvalue weighted by molar-refractivity contribution is -0.0704. The zero-order valence-electron chi connectivity index (χ0n) is 15.4. The van der Waals surface area contributed by atoms with E-state index in [-0.39, 0.29) is 30.2 Å². The third-order valence-electron chi connectivity index (χ3n) is 5.25. The molecule has 1 aliphatic heterocycles. The summed E-state index contributed by atoms with van der Waals surface area (Å²) >= 11 is 0. The van der Waals surface area contributed by atoms with E-state index in [1.165, 1.54) is 12.0 Å². The molecule has 1 aromatic carbocycles. The fourth-order valence-electron chi connectivity index (χ4n) is 4.02. The van der Waals surface area contributed by atoms with Gasteiger partial charge in [-0.15, -0.1) is 0 Å². The van der Waals surface area contributed by atoms with Gasteiger partial charge in [-0.1, -0.05) is 25.0 Å². The maximum Gasteiger partial charge on any atom is 0.251 e. The molecular weight excluding hydrogens is 314 g/mol. The maximum absolute atomic E-state index is 12.5. The number of nitrogens with zero attached hydrogens (tertiary/aromatic N) is 1. The first-order valence-electron chi connectivity index (χ1n) is 9.54. The normalized spacial score (nSPS) is 30.8. The molecule has 5 nitrogen and oxygen atoms in total. The first-order valence-corrected chi connectivity index (χ1v) is 9.54. The summed E-state index contributed by atoms with van der Waals surface area (Å²) in [7, 11) is 0. The van der Waals surface area contributed by atoms with Gasteiger partial charge in [0.15, 0.2) is 0 Å². The number of amides is 1. The molecule has 4 atom stereocenters. The number of carbonyl (C=O) groups is 1. The van der Waals surface area contributed by atoms with Gasteiger partial charge in [0.2, 0.25) is 0 Å². The summed E-state index contributed by atoms with van der Waals surface area (Å²) in [5.74, 6) is -0.0116. The predicted molar refractivity (Wildman–Crippen MR) is 99.4 cm³/mol. The summed E-state index contributed by atoms with van der Waals surface area (Å²) in [5, 5.41) is 3.11. The van der Waals surface area contributed by atoms with Gasteiger partial charge in [-0.25, -0.2) is 0 Å². The van der Waals surface area contributed by atoms with E-state index in [0.29, 0.717) is 5.56 Å². The Bertz CT molecular complexity index is 565. The van der Waals surface area contributed by atoms with Crippen LogP contribution in [0.5, 0.6) is 0 Å². The SMILES string of the molecule is C[C@@H]1CN(Cc2ccc(C(=O)N[C@@H]3CCCC[C@H]3N)cc2)C[C@@H](C)O1. The quantitative estimate of drug-likeness (QED) is 0.879. The first-order chi connectivity index (χ1) is 12.0. The van der Waals surface area contributed by atoms with E-state index in [4.69, 9.17) is 10.5 Å². The minimum absolute atomic E-state index is 0.0116. The Morgan fingerprint density at radius 1 is 1.16 bits per heavy atom. The monoisotopic (exact) mass is 345 g/mol. The van der Waals surface area contributed by atoms with Crippen LogP contribution in [0.4, 0.5) is 0 Å². The molecule has 138 valence electrons. The lowest BCUT2D eigenvalue weighted by atomic mass is 9.91. The molecule has 0 spiro atoms. The van der Waals surface area contributed by atoms with Crippen LogP contribution in [0.25, 0.3) is 0 Å². The van der Waals surface area contributed by atoms with E-state index in [2.05, 4.69) is 36.2 Å². The average Bonchev–Trinajstić information content (AvgIpc) is 2.56. The Hall–Kier alpha value is -1.43. The highest BCUT2D eigenvalue weighted by Crippen LogP contribution is 2.18. The maximum atomic E-state index is 12.5. The number of hydrogen-bond acceptors (Lipinski definition) is 4. The Morgan fingerprint density at radius 3 is 2.44 bits per heavy atom. The molecule has 2 fully saturated rings. The van der Waals surface area contributed by atoms with E-state index < -0.39 is 0 Å². The molecule has 1 amide bonds. The van der Waals surface area contributed by atoms with E-state index in [1.807, 2.05) is 12.1 Å². The lowest BCUT2D eigenvalue weighted by Gasteiger charge is -2.35. The molecule has 5 heteroatoms. The first kappa shape index (κ1) is 18.4. The molecule has 1 aliphatic carbocycles. The van der Waals surface area contributed by atoms with Gasteiger partial charge >= 0.3 is 0 Å². The number of hydrogen-bond donors (Lipinski definition) is 2. The lowest BCUT2D eigenvalue weighted by Crippen LogP contribution is -2.49. The molecule has 1 aromatic rings. The van der Waals surface area contributed by atoms with Gasteiger partial charge in [0, 0.05) is 37.3 Å². The Balaban J connectivity index is 1.55. The number of morpholine rings is 1. The number of nitrogens with one attached hydrogen (secondary N) is 1. The third kappa shape index (κ3) is 5.03. The number of rotatable bonds is 4. The number of ether oxygens (including phenoxy) is 1. The van der Waals surface area contributed by atoms with Crippen molar-refractivity contribution in [2.75, 3.05) is 13.1 Å². The van der Waals surface area contributed by atoms with Gasteiger partial charge in [0.1, 0.15) is 0 Å². The summed E-state index contributed by atoms with van der Waals surface area (Å²) in [6.07, 6.45) is 4.84. The topological polar surface area (TPSA) is 67.6 Å². The zero-order valence-corrected chi connectivity index (χ0v) is 15.4. The van der Waals surface area contributed by atoms with Crippen molar-refractivity contribution in [1.29, 1.82) is 0 Å². The van der Waals surface area contributed by atoms with Gasteiger partial charge in [-0.05, 0) is 44.4 Å². The second-order valence-electron chi connectivity index (χ2n) is 7.68. The van der Waals surface area contributed by atoms with E-state index in [0.717, 1.165) is 38.9 Å². The summed E-state index contributed by atoms with van der Waals surface area (Å²) < 4.78 is 5.78. The van der Waals surface area contributed by atoms with Crippen LogP contribution < -0.4 is 11.1 Å². The van der Waals surface area contributed by atoms with Crippen LogP contribution in [0.15, 0.2) is 24.3 Å². The van der Waals surface area contributed by atoms with Gasteiger partial charge in [-0.3, -0.25) is 9.69 Å². The van der Waals surface area contributed by atoms with Gasteiger partial charge in [0.05, 0.1) is 12.2 Å². The van der Waals surface area contributed by atoms with Crippen LogP contribution in [-0.2, 0) is 11.3 Å². The molecule has 25 heavy (non-hydrogen) atoms. The predicted octanol–water partition coefficient (Wildman–Crippen LogP) is 2.30. The third-order valence-corrected chi connectivity index (χ3v) is 5.25. The summed E-state index contributed by atoms with van der Waals surface area (Å²) in [6.45, 7) is 7.03. The average molecular weight is 345 g/mol. The van der Waals surface area contributed by atoms with Gasteiger partial charge in [-0.2, -0.15) is 0 Å². The van der Waals surface area contributed by atoms with E-state index in [1.54, 1.807) is 0 Å². The van der Waals surface area contributed by atoms with E-state index >= 15 is 0 Å². The van der Waals surface area contributed by atoms with Crippen molar-refractivity contribution in [2.24, 2.45) is 5.73 Å². The molecule has 3 N–H and O–H groups in total. The molecule has 2 aliphatic rings. The van der Waals surface area contributed by atoms with Crippen LogP contribution in [0.3, 0.4) is 0 Å². The smallest absolute Gasteiger partial charge is 0.251 e. The van der Waals surface area contributed by atoms with Crippen molar-refractivity contribution in [3.05, 3.63) is 35.4 Å². The fourth-order valence-corrected chi connectivity index (χ4v) is 4.02. The second kappa shape index (κ2) is 8.30. The van der Waals surface area contributed by atoms with E-state index in [9.17, 15) is 4.79 Å².